The molecule has 1 saturated carbocycles. The van der Waals surface area contributed by atoms with E-state index in [9.17, 15) is 13.6 Å². The van der Waals surface area contributed by atoms with Gasteiger partial charge in [-0.05, 0) is 37.3 Å². The van der Waals surface area contributed by atoms with E-state index in [1.165, 1.54) is 12.1 Å². The van der Waals surface area contributed by atoms with Gasteiger partial charge in [-0.25, -0.2) is 8.78 Å². The largest absolute Gasteiger partial charge is 0.321 e. The van der Waals surface area contributed by atoms with Crippen LogP contribution in [-0.4, -0.2) is 22.9 Å². The number of nitrogens with one attached hydrogen (secondary N) is 1. The molecule has 1 N–H and O–H groups in total. The Morgan fingerprint density at radius 2 is 2.10 bits per heavy atom. The van der Waals surface area contributed by atoms with E-state index >= 15 is 0 Å². The Balaban J connectivity index is 1.89. The lowest BCUT2D eigenvalue weighted by Gasteiger charge is -2.25. The van der Waals surface area contributed by atoms with Crippen LogP contribution in [0.2, 0.25) is 0 Å². The van der Waals surface area contributed by atoms with Gasteiger partial charge in [0, 0.05) is 18.2 Å². The highest BCUT2D eigenvalue weighted by atomic mass is 19.1. The predicted molar refractivity (Wildman–Crippen MR) is 75.4 cm³/mol. The van der Waals surface area contributed by atoms with Gasteiger partial charge in [-0.2, -0.15) is 0 Å². The molecule has 5 heteroatoms. The van der Waals surface area contributed by atoms with Crippen molar-refractivity contribution in [1.82, 2.24) is 10.2 Å². The average molecular weight is 294 g/mol. The minimum Gasteiger partial charge on any atom is -0.321 e. The van der Waals surface area contributed by atoms with Gasteiger partial charge < -0.3 is 4.90 Å². The molecule has 1 atom stereocenters. The summed E-state index contributed by atoms with van der Waals surface area (Å²) in [4.78, 5) is 14.2. The summed E-state index contributed by atoms with van der Waals surface area (Å²) in [6.07, 6.45) is 1.97. The first-order valence-corrected chi connectivity index (χ1v) is 7.47. The normalized spacial score (nSPS) is 23.4. The molecule has 2 aliphatic rings. The number of amides is 1. The number of rotatable bonds is 4. The van der Waals surface area contributed by atoms with E-state index in [-0.39, 0.29) is 5.91 Å². The van der Waals surface area contributed by atoms with Crippen molar-refractivity contribution in [3.05, 3.63) is 35.4 Å². The molecule has 1 saturated heterocycles. The highest BCUT2D eigenvalue weighted by Crippen LogP contribution is 2.46. The van der Waals surface area contributed by atoms with Crippen LogP contribution in [0, 0.1) is 17.6 Å². The maximum Gasteiger partial charge on any atom is 0.244 e. The third-order valence-electron chi connectivity index (χ3n) is 4.35. The third-order valence-corrected chi connectivity index (χ3v) is 4.35. The van der Waals surface area contributed by atoms with E-state index in [0.717, 1.165) is 25.3 Å². The number of carbonyl (C=O) groups is 1. The molecule has 1 amide bonds. The lowest BCUT2D eigenvalue weighted by atomic mass is 10.1. The van der Waals surface area contributed by atoms with Gasteiger partial charge >= 0.3 is 0 Å². The fraction of sp³-hybridized carbons (Fsp3) is 0.562. The lowest BCUT2D eigenvalue weighted by molar-refractivity contribution is -0.131. The van der Waals surface area contributed by atoms with Crippen LogP contribution >= 0.6 is 0 Å². The molecule has 1 aromatic rings. The Labute approximate surface area is 123 Å². The summed E-state index contributed by atoms with van der Waals surface area (Å²) < 4.78 is 27.1. The molecule has 2 fully saturated rings. The summed E-state index contributed by atoms with van der Waals surface area (Å²) in [5, 5.41) is 3.26. The van der Waals surface area contributed by atoms with Crippen molar-refractivity contribution in [2.24, 2.45) is 5.92 Å². The molecule has 1 aliphatic heterocycles. The Morgan fingerprint density at radius 3 is 2.67 bits per heavy atom. The number of carbonyl (C=O) groups excluding carboxylic acids is 1. The first kappa shape index (κ1) is 14.4. The molecule has 1 spiro atoms. The first-order valence-electron chi connectivity index (χ1n) is 7.47. The van der Waals surface area contributed by atoms with E-state index in [0.29, 0.717) is 18.0 Å². The Bertz CT molecular complexity index is 569. The van der Waals surface area contributed by atoms with Gasteiger partial charge in [0.25, 0.3) is 0 Å². The maximum atomic E-state index is 14.1. The van der Waals surface area contributed by atoms with Gasteiger partial charge in [0.2, 0.25) is 5.91 Å². The molecule has 114 valence electrons. The van der Waals surface area contributed by atoms with Crippen molar-refractivity contribution in [3.8, 4) is 0 Å². The Morgan fingerprint density at radius 1 is 1.38 bits per heavy atom. The van der Waals surface area contributed by atoms with E-state index in [2.05, 4.69) is 19.2 Å². The quantitative estimate of drug-likeness (QED) is 0.926. The van der Waals surface area contributed by atoms with E-state index in [1.807, 2.05) is 0 Å². The van der Waals surface area contributed by atoms with Crippen molar-refractivity contribution in [3.63, 3.8) is 0 Å². The summed E-state index contributed by atoms with van der Waals surface area (Å²) in [5.41, 5.74) is -0.153. The van der Waals surface area contributed by atoms with Crippen LogP contribution in [-0.2, 0) is 4.79 Å². The minimum absolute atomic E-state index is 0.0527. The Kier molecular flexibility index (Phi) is 3.48. The number of halogens is 2. The molecule has 0 bridgehead atoms. The maximum absolute atomic E-state index is 14.1. The summed E-state index contributed by atoms with van der Waals surface area (Å²) in [7, 11) is 0. The molecule has 3 rings (SSSR count). The van der Waals surface area contributed by atoms with Crippen LogP contribution in [0.1, 0.15) is 44.8 Å². The molecule has 1 aliphatic carbocycles. The highest BCUT2D eigenvalue weighted by Gasteiger charge is 2.59. The second kappa shape index (κ2) is 5.05. The molecule has 0 radical (unpaired) electrons. The number of hydrogen-bond acceptors (Lipinski definition) is 2. The molecule has 1 aromatic carbocycles. The van der Waals surface area contributed by atoms with Crippen molar-refractivity contribution >= 4 is 5.91 Å². The zero-order chi connectivity index (χ0) is 15.2. The smallest absolute Gasteiger partial charge is 0.244 e. The zero-order valence-electron chi connectivity index (χ0n) is 12.3. The fourth-order valence-electron chi connectivity index (χ4n) is 2.87. The van der Waals surface area contributed by atoms with Crippen molar-refractivity contribution in [2.75, 3.05) is 6.54 Å². The van der Waals surface area contributed by atoms with Crippen LogP contribution < -0.4 is 5.32 Å². The van der Waals surface area contributed by atoms with Crippen molar-refractivity contribution in [2.45, 2.75) is 44.8 Å². The molecule has 1 unspecified atom stereocenters. The summed E-state index contributed by atoms with van der Waals surface area (Å²) >= 11 is 0. The van der Waals surface area contributed by atoms with Gasteiger partial charge in [-0.1, -0.05) is 13.8 Å². The van der Waals surface area contributed by atoms with Gasteiger partial charge in [0.1, 0.15) is 23.3 Å². The first-order chi connectivity index (χ1) is 9.93. The minimum atomic E-state index is -0.604. The second-order valence-electron chi connectivity index (χ2n) is 6.48. The molecule has 0 aromatic heterocycles. The summed E-state index contributed by atoms with van der Waals surface area (Å²) in [6.45, 7) is 4.77. The molecule has 3 nitrogen and oxygen atoms in total. The molecule has 1 heterocycles. The predicted octanol–water partition coefficient (Wildman–Crippen LogP) is 2.97. The molecular weight excluding hydrogens is 274 g/mol. The number of benzene rings is 1. The number of hydrogen-bond donors (Lipinski definition) is 1. The van der Waals surface area contributed by atoms with Crippen LogP contribution in [0.3, 0.4) is 0 Å². The van der Waals surface area contributed by atoms with Crippen LogP contribution in [0.15, 0.2) is 18.2 Å². The zero-order valence-corrected chi connectivity index (χ0v) is 12.3. The van der Waals surface area contributed by atoms with Gasteiger partial charge in [0.05, 0.1) is 0 Å². The second-order valence-corrected chi connectivity index (χ2v) is 6.48. The highest BCUT2D eigenvalue weighted by molar-refractivity contribution is 5.92. The van der Waals surface area contributed by atoms with Gasteiger partial charge in [0.15, 0.2) is 0 Å². The monoisotopic (exact) mass is 294 g/mol. The van der Waals surface area contributed by atoms with Crippen LogP contribution in [0.5, 0.6) is 0 Å². The van der Waals surface area contributed by atoms with E-state index in [4.69, 9.17) is 0 Å². The summed E-state index contributed by atoms with van der Waals surface area (Å²) in [6, 6.07) is 3.54. The van der Waals surface area contributed by atoms with Crippen molar-refractivity contribution in [1.29, 1.82) is 0 Å². The van der Waals surface area contributed by atoms with Gasteiger partial charge in [-0.3, -0.25) is 10.1 Å². The van der Waals surface area contributed by atoms with E-state index < -0.39 is 23.3 Å². The van der Waals surface area contributed by atoms with Gasteiger partial charge in [-0.15, -0.1) is 0 Å². The Hall–Kier alpha value is -1.49. The molecular formula is C16H20F2N2O. The standard InChI is InChI=1S/C16H20F2N2O/c1-10(2)5-8-20-14(19-16(6-7-16)15(20)21)12-4-3-11(17)9-13(12)18/h3-4,9-10,14,19H,5-8H2,1-2H3. The molecule has 21 heavy (non-hydrogen) atoms. The SMILES string of the molecule is CC(C)CCN1C(=O)C2(CC2)NC1c1ccc(F)cc1F. The topological polar surface area (TPSA) is 32.3 Å². The number of nitrogens with zero attached hydrogens (tertiary/aromatic N) is 1. The fourth-order valence-corrected chi connectivity index (χ4v) is 2.87. The van der Waals surface area contributed by atoms with E-state index in [1.54, 1.807) is 4.90 Å². The van der Waals surface area contributed by atoms with Crippen LogP contribution in [0.4, 0.5) is 8.78 Å². The lowest BCUT2D eigenvalue weighted by Crippen LogP contribution is -2.33. The summed E-state index contributed by atoms with van der Waals surface area (Å²) in [5.74, 6) is -0.688. The van der Waals surface area contributed by atoms with Crippen molar-refractivity contribution < 1.29 is 13.6 Å². The average Bonchev–Trinajstić information content (AvgIpc) is 3.12. The third kappa shape index (κ3) is 2.55. The van der Waals surface area contributed by atoms with Crippen LogP contribution in [0.25, 0.3) is 0 Å².